The van der Waals surface area contributed by atoms with Gasteiger partial charge < -0.3 is 19.8 Å². The predicted molar refractivity (Wildman–Crippen MR) is 77.0 cm³/mol. The molecule has 0 amide bonds. The first-order valence-corrected chi connectivity index (χ1v) is 6.36. The summed E-state index contributed by atoms with van der Waals surface area (Å²) in [5.74, 6) is -0.418. The second kappa shape index (κ2) is 5.54. The van der Waals surface area contributed by atoms with Gasteiger partial charge in [0.1, 0.15) is 12.0 Å². The van der Waals surface area contributed by atoms with Crippen LogP contribution in [0.5, 0.6) is 0 Å². The molecular formula is C15H13N3O3. The van der Waals surface area contributed by atoms with Crippen LogP contribution >= 0.6 is 0 Å². The summed E-state index contributed by atoms with van der Waals surface area (Å²) in [5, 5.41) is 12.0. The second-order valence-electron chi connectivity index (χ2n) is 4.50. The number of benzene rings is 1. The van der Waals surface area contributed by atoms with E-state index in [1.165, 1.54) is 12.3 Å². The highest BCUT2D eigenvalue weighted by molar-refractivity contribution is 5.87. The Morgan fingerprint density at radius 3 is 2.76 bits per heavy atom. The first kappa shape index (κ1) is 13.0. The lowest BCUT2D eigenvalue weighted by Crippen LogP contribution is -1.98. The van der Waals surface area contributed by atoms with Crippen LogP contribution in [-0.2, 0) is 6.54 Å². The van der Waals surface area contributed by atoms with E-state index in [0.717, 1.165) is 16.9 Å². The zero-order valence-corrected chi connectivity index (χ0v) is 11.0. The fraction of sp³-hybridized carbons (Fsp3) is 0.0667. The van der Waals surface area contributed by atoms with Gasteiger partial charge in [0.25, 0.3) is 0 Å². The van der Waals surface area contributed by atoms with E-state index in [9.17, 15) is 4.79 Å². The molecule has 0 aliphatic rings. The predicted octanol–water partition coefficient (Wildman–Crippen LogP) is 2.98. The van der Waals surface area contributed by atoms with Gasteiger partial charge in [0.05, 0.1) is 30.3 Å². The molecule has 2 heterocycles. The molecule has 106 valence electrons. The van der Waals surface area contributed by atoms with Gasteiger partial charge in [0, 0.05) is 5.69 Å². The van der Waals surface area contributed by atoms with Crippen molar-refractivity contribution in [3.8, 4) is 11.3 Å². The van der Waals surface area contributed by atoms with E-state index in [1.54, 1.807) is 12.5 Å². The summed E-state index contributed by atoms with van der Waals surface area (Å²) >= 11 is 0. The molecule has 3 rings (SSSR count). The van der Waals surface area contributed by atoms with Gasteiger partial charge in [0.15, 0.2) is 0 Å². The van der Waals surface area contributed by atoms with Gasteiger partial charge in [-0.2, -0.15) is 0 Å². The minimum absolute atomic E-state index is 0.154. The van der Waals surface area contributed by atoms with Crippen LogP contribution in [0.15, 0.2) is 53.5 Å². The number of nitrogens with one attached hydrogen (secondary N) is 2. The van der Waals surface area contributed by atoms with Crippen molar-refractivity contribution in [2.24, 2.45) is 0 Å². The van der Waals surface area contributed by atoms with Crippen LogP contribution in [-0.4, -0.2) is 21.0 Å². The van der Waals surface area contributed by atoms with Crippen LogP contribution < -0.4 is 5.32 Å². The number of imidazole rings is 1. The SMILES string of the molecule is O=C(O)c1coc(CNc2ccc(-c3cnc[nH]3)cc2)c1. The molecule has 2 aromatic heterocycles. The minimum atomic E-state index is -0.992. The summed E-state index contributed by atoms with van der Waals surface area (Å²) < 4.78 is 5.17. The molecule has 0 aliphatic heterocycles. The maximum absolute atomic E-state index is 10.8. The molecule has 21 heavy (non-hydrogen) atoms. The lowest BCUT2D eigenvalue weighted by atomic mass is 10.1. The summed E-state index contributed by atoms with van der Waals surface area (Å²) in [6.07, 6.45) is 4.64. The molecular weight excluding hydrogens is 270 g/mol. The van der Waals surface area contributed by atoms with Crippen molar-refractivity contribution in [3.05, 3.63) is 60.4 Å². The number of hydrogen-bond donors (Lipinski definition) is 3. The molecule has 0 unspecified atom stereocenters. The van der Waals surface area contributed by atoms with Crippen molar-refractivity contribution in [3.63, 3.8) is 0 Å². The smallest absolute Gasteiger partial charge is 0.338 e. The van der Waals surface area contributed by atoms with Crippen molar-refractivity contribution in [1.82, 2.24) is 9.97 Å². The first-order chi connectivity index (χ1) is 10.2. The summed E-state index contributed by atoms with van der Waals surface area (Å²) in [4.78, 5) is 17.8. The van der Waals surface area contributed by atoms with E-state index in [4.69, 9.17) is 9.52 Å². The largest absolute Gasteiger partial charge is 0.478 e. The Morgan fingerprint density at radius 2 is 2.14 bits per heavy atom. The fourth-order valence-electron chi connectivity index (χ4n) is 1.96. The Morgan fingerprint density at radius 1 is 1.33 bits per heavy atom. The number of H-pyrrole nitrogens is 1. The lowest BCUT2D eigenvalue weighted by Gasteiger charge is -2.05. The summed E-state index contributed by atoms with van der Waals surface area (Å²) in [6.45, 7) is 0.427. The Kier molecular flexibility index (Phi) is 3.42. The van der Waals surface area contributed by atoms with Crippen LogP contribution in [0.25, 0.3) is 11.3 Å². The molecule has 1 aromatic carbocycles. The van der Waals surface area contributed by atoms with E-state index in [2.05, 4.69) is 15.3 Å². The number of carboxylic acid groups (broad SMARTS) is 1. The number of carbonyl (C=O) groups is 1. The number of hydrogen-bond acceptors (Lipinski definition) is 4. The van der Waals surface area contributed by atoms with Gasteiger partial charge in [-0.15, -0.1) is 0 Å². The lowest BCUT2D eigenvalue weighted by molar-refractivity contribution is 0.0696. The Balaban J connectivity index is 1.64. The first-order valence-electron chi connectivity index (χ1n) is 6.36. The average molecular weight is 283 g/mol. The topological polar surface area (TPSA) is 91.2 Å². The van der Waals surface area contributed by atoms with Crippen molar-refractivity contribution in [1.29, 1.82) is 0 Å². The van der Waals surface area contributed by atoms with Crippen molar-refractivity contribution in [2.45, 2.75) is 6.54 Å². The van der Waals surface area contributed by atoms with E-state index in [0.29, 0.717) is 12.3 Å². The van der Waals surface area contributed by atoms with Gasteiger partial charge in [-0.05, 0) is 23.8 Å². The van der Waals surface area contributed by atoms with E-state index >= 15 is 0 Å². The van der Waals surface area contributed by atoms with Crippen LogP contribution in [0.4, 0.5) is 5.69 Å². The summed E-state index contributed by atoms with van der Waals surface area (Å²) in [7, 11) is 0. The van der Waals surface area contributed by atoms with E-state index < -0.39 is 5.97 Å². The molecule has 0 bridgehead atoms. The van der Waals surface area contributed by atoms with Gasteiger partial charge in [-0.3, -0.25) is 0 Å². The standard InChI is InChI=1S/C15H13N3O3/c19-15(20)11-5-13(21-8-11)6-17-12-3-1-10(2-4-12)14-7-16-9-18-14/h1-5,7-9,17H,6H2,(H,16,18)(H,19,20). The number of anilines is 1. The van der Waals surface area contributed by atoms with Gasteiger partial charge >= 0.3 is 5.97 Å². The number of carboxylic acids is 1. The molecule has 6 heteroatoms. The van der Waals surface area contributed by atoms with Gasteiger partial charge in [-0.1, -0.05) is 12.1 Å². The fourth-order valence-corrected chi connectivity index (χ4v) is 1.96. The zero-order valence-electron chi connectivity index (χ0n) is 11.0. The molecule has 0 saturated carbocycles. The number of aromatic amines is 1. The highest BCUT2D eigenvalue weighted by atomic mass is 16.4. The minimum Gasteiger partial charge on any atom is -0.478 e. The number of rotatable bonds is 5. The molecule has 0 radical (unpaired) electrons. The number of furan rings is 1. The third-order valence-electron chi connectivity index (χ3n) is 3.06. The van der Waals surface area contributed by atoms with Gasteiger partial charge in [0.2, 0.25) is 0 Å². The van der Waals surface area contributed by atoms with E-state index in [1.807, 2.05) is 24.3 Å². The maximum atomic E-state index is 10.8. The van der Waals surface area contributed by atoms with Crippen LogP contribution in [0, 0.1) is 0 Å². The highest BCUT2D eigenvalue weighted by Crippen LogP contribution is 2.19. The Hall–Kier alpha value is -3.02. The molecule has 0 aliphatic carbocycles. The molecule has 0 saturated heterocycles. The zero-order chi connectivity index (χ0) is 14.7. The Bertz CT molecular complexity index is 730. The second-order valence-corrected chi connectivity index (χ2v) is 4.50. The highest BCUT2D eigenvalue weighted by Gasteiger charge is 2.07. The molecule has 3 aromatic rings. The summed E-state index contributed by atoms with van der Waals surface area (Å²) in [6, 6.07) is 9.34. The Labute approximate surface area is 120 Å². The molecule has 0 spiro atoms. The van der Waals surface area contributed by atoms with Crippen molar-refractivity contribution in [2.75, 3.05) is 5.32 Å². The third-order valence-corrected chi connectivity index (χ3v) is 3.06. The quantitative estimate of drug-likeness (QED) is 0.669. The third kappa shape index (κ3) is 2.94. The monoisotopic (exact) mass is 283 g/mol. The molecule has 0 atom stereocenters. The molecule has 3 N–H and O–H groups in total. The van der Waals surface area contributed by atoms with Crippen LogP contribution in [0.2, 0.25) is 0 Å². The van der Waals surface area contributed by atoms with Crippen molar-refractivity contribution >= 4 is 11.7 Å². The van der Waals surface area contributed by atoms with Crippen molar-refractivity contribution < 1.29 is 14.3 Å². The number of nitrogens with zero attached hydrogens (tertiary/aromatic N) is 1. The molecule has 6 nitrogen and oxygen atoms in total. The van der Waals surface area contributed by atoms with Crippen LogP contribution in [0.3, 0.4) is 0 Å². The number of aromatic nitrogens is 2. The maximum Gasteiger partial charge on any atom is 0.338 e. The van der Waals surface area contributed by atoms with Gasteiger partial charge in [-0.25, -0.2) is 9.78 Å². The molecule has 0 fully saturated rings. The average Bonchev–Trinajstić information content (AvgIpc) is 3.17. The summed E-state index contributed by atoms with van der Waals surface area (Å²) in [5.41, 5.74) is 3.08. The normalized spacial score (nSPS) is 10.5. The van der Waals surface area contributed by atoms with Crippen LogP contribution in [0.1, 0.15) is 16.1 Å². The number of aromatic carboxylic acids is 1. The van der Waals surface area contributed by atoms with E-state index in [-0.39, 0.29) is 5.56 Å².